The van der Waals surface area contributed by atoms with Crippen LogP contribution in [-0.4, -0.2) is 35.8 Å². The fourth-order valence-corrected chi connectivity index (χ4v) is 2.78. The normalized spacial score (nSPS) is 15.4. The van der Waals surface area contributed by atoms with E-state index in [1.165, 1.54) is 0 Å². The van der Waals surface area contributed by atoms with Gasteiger partial charge in [0.2, 0.25) is 0 Å². The predicted molar refractivity (Wildman–Crippen MR) is 87.9 cm³/mol. The van der Waals surface area contributed by atoms with Crippen LogP contribution in [0.3, 0.4) is 0 Å². The summed E-state index contributed by atoms with van der Waals surface area (Å²) in [5, 5.41) is 0. The van der Waals surface area contributed by atoms with Crippen molar-refractivity contribution in [1.29, 1.82) is 0 Å². The molecule has 1 aliphatic rings. The van der Waals surface area contributed by atoms with E-state index in [0.29, 0.717) is 12.5 Å². The number of nitrogens with zero attached hydrogens (tertiary/aromatic N) is 3. The summed E-state index contributed by atoms with van der Waals surface area (Å²) in [6.07, 6.45) is 4.78. The van der Waals surface area contributed by atoms with Crippen LogP contribution in [-0.2, 0) is 4.74 Å². The van der Waals surface area contributed by atoms with Gasteiger partial charge in [-0.05, 0) is 18.8 Å². The number of piperidine rings is 1. The van der Waals surface area contributed by atoms with Crippen molar-refractivity contribution in [2.75, 3.05) is 24.6 Å². The molecule has 0 unspecified atom stereocenters. The molecule has 6 nitrogen and oxygen atoms in total. The fourth-order valence-electron chi connectivity index (χ4n) is 2.78. The lowest BCUT2D eigenvalue weighted by molar-refractivity contribution is 0.129. The molecular formula is C17H20N4O2. The quantitative estimate of drug-likeness (QED) is 0.938. The Morgan fingerprint density at radius 1 is 1.22 bits per heavy atom. The number of nitrogens with two attached hydrogens (primary N) is 1. The molecule has 0 spiro atoms. The van der Waals surface area contributed by atoms with Crippen LogP contribution in [0.2, 0.25) is 0 Å². The fraction of sp³-hybridized carbons (Fsp3) is 0.353. The molecule has 120 valence electrons. The zero-order chi connectivity index (χ0) is 16.1. The zero-order valence-corrected chi connectivity index (χ0v) is 12.9. The molecule has 1 aromatic heterocycles. The first kappa shape index (κ1) is 15.3. The maximum atomic E-state index is 10.7. The van der Waals surface area contributed by atoms with E-state index in [-0.39, 0.29) is 0 Å². The van der Waals surface area contributed by atoms with Crippen LogP contribution in [0.15, 0.2) is 42.7 Å². The van der Waals surface area contributed by atoms with Crippen LogP contribution in [0.4, 0.5) is 10.6 Å². The summed E-state index contributed by atoms with van der Waals surface area (Å²) in [7, 11) is 0. The molecule has 3 rings (SSSR count). The third-order valence-corrected chi connectivity index (χ3v) is 4.09. The van der Waals surface area contributed by atoms with Crippen LogP contribution >= 0.6 is 0 Å². The lowest BCUT2D eigenvalue weighted by Crippen LogP contribution is -2.36. The first-order valence-electron chi connectivity index (χ1n) is 7.77. The summed E-state index contributed by atoms with van der Waals surface area (Å²) in [6.45, 7) is 2.15. The highest BCUT2D eigenvalue weighted by atomic mass is 16.5. The highest BCUT2D eigenvalue weighted by molar-refractivity contribution is 5.64. The molecule has 2 heterocycles. The Hall–Kier alpha value is -2.63. The molecule has 0 atom stereocenters. The number of aromatic nitrogens is 2. The Balaban J connectivity index is 1.64. The summed E-state index contributed by atoms with van der Waals surface area (Å²) < 4.78 is 4.89. The highest BCUT2D eigenvalue weighted by Gasteiger charge is 2.21. The molecule has 1 aromatic carbocycles. The molecule has 1 amide bonds. The molecule has 0 aliphatic carbocycles. The lowest BCUT2D eigenvalue weighted by atomic mass is 9.98. The Labute approximate surface area is 135 Å². The van der Waals surface area contributed by atoms with E-state index in [2.05, 4.69) is 9.88 Å². The van der Waals surface area contributed by atoms with E-state index < -0.39 is 6.09 Å². The van der Waals surface area contributed by atoms with Crippen molar-refractivity contribution in [3.05, 3.63) is 42.7 Å². The van der Waals surface area contributed by atoms with E-state index in [9.17, 15) is 4.79 Å². The van der Waals surface area contributed by atoms with Crippen LogP contribution < -0.4 is 10.6 Å². The molecule has 2 N–H and O–H groups in total. The summed E-state index contributed by atoms with van der Waals surface area (Å²) >= 11 is 0. The number of ether oxygens (including phenoxy) is 1. The molecule has 1 aliphatic heterocycles. The number of primary amides is 1. The molecule has 23 heavy (non-hydrogen) atoms. The Bertz CT molecular complexity index is 655. The van der Waals surface area contributed by atoms with Gasteiger partial charge in [0.05, 0.1) is 24.7 Å². The second-order valence-electron chi connectivity index (χ2n) is 5.69. The van der Waals surface area contributed by atoms with Gasteiger partial charge in [-0.1, -0.05) is 30.3 Å². The Morgan fingerprint density at radius 3 is 2.65 bits per heavy atom. The summed E-state index contributed by atoms with van der Waals surface area (Å²) in [4.78, 5) is 21.9. The van der Waals surface area contributed by atoms with Gasteiger partial charge in [0.15, 0.2) is 0 Å². The molecule has 2 aromatic rings. The van der Waals surface area contributed by atoms with E-state index >= 15 is 0 Å². The van der Waals surface area contributed by atoms with Crippen molar-refractivity contribution in [2.45, 2.75) is 12.8 Å². The Morgan fingerprint density at radius 2 is 1.96 bits per heavy atom. The number of rotatable bonds is 4. The van der Waals surface area contributed by atoms with Gasteiger partial charge in [-0.2, -0.15) is 0 Å². The molecule has 6 heteroatoms. The van der Waals surface area contributed by atoms with Crippen LogP contribution in [0.25, 0.3) is 11.3 Å². The van der Waals surface area contributed by atoms with Crippen LogP contribution in [0.1, 0.15) is 12.8 Å². The van der Waals surface area contributed by atoms with E-state index in [4.69, 9.17) is 15.5 Å². The number of amides is 1. The molecule has 1 saturated heterocycles. The van der Waals surface area contributed by atoms with E-state index in [0.717, 1.165) is 43.0 Å². The molecule has 0 radical (unpaired) electrons. The SMILES string of the molecule is NC(=O)OCC1CCN(c2cncc(-c3ccccc3)n2)CC1. The zero-order valence-electron chi connectivity index (χ0n) is 12.9. The number of benzene rings is 1. The predicted octanol–water partition coefficient (Wildman–Crippen LogP) is 2.46. The van der Waals surface area contributed by atoms with E-state index in [1.807, 2.05) is 30.3 Å². The van der Waals surface area contributed by atoms with Gasteiger partial charge < -0.3 is 15.4 Å². The molecular weight excluding hydrogens is 292 g/mol. The van der Waals surface area contributed by atoms with Gasteiger partial charge in [0.25, 0.3) is 0 Å². The van der Waals surface area contributed by atoms with Gasteiger partial charge >= 0.3 is 6.09 Å². The average molecular weight is 312 g/mol. The molecule has 0 bridgehead atoms. The topological polar surface area (TPSA) is 81.3 Å². The maximum absolute atomic E-state index is 10.7. The number of carbonyl (C=O) groups excluding carboxylic acids is 1. The first-order chi connectivity index (χ1) is 11.2. The molecule has 1 fully saturated rings. The van der Waals surface area contributed by atoms with Crippen molar-refractivity contribution in [3.63, 3.8) is 0 Å². The van der Waals surface area contributed by atoms with E-state index in [1.54, 1.807) is 12.4 Å². The van der Waals surface area contributed by atoms with Crippen molar-refractivity contribution in [3.8, 4) is 11.3 Å². The largest absolute Gasteiger partial charge is 0.449 e. The maximum Gasteiger partial charge on any atom is 0.404 e. The van der Waals surface area contributed by atoms with Crippen molar-refractivity contribution < 1.29 is 9.53 Å². The smallest absolute Gasteiger partial charge is 0.404 e. The lowest BCUT2D eigenvalue weighted by Gasteiger charge is -2.32. The second-order valence-corrected chi connectivity index (χ2v) is 5.69. The standard InChI is InChI=1S/C17H20N4O2/c18-17(22)23-12-13-6-8-21(9-7-13)16-11-19-10-15(20-16)14-4-2-1-3-5-14/h1-5,10-11,13H,6-9,12H2,(H2,18,22). The minimum atomic E-state index is -0.700. The number of carbonyl (C=O) groups is 1. The summed E-state index contributed by atoms with van der Waals surface area (Å²) in [5.74, 6) is 1.25. The third-order valence-electron chi connectivity index (χ3n) is 4.09. The third kappa shape index (κ3) is 3.97. The van der Waals surface area contributed by atoms with Gasteiger partial charge in [-0.3, -0.25) is 4.98 Å². The summed E-state index contributed by atoms with van der Waals surface area (Å²) in [6, 6.07) is 10.0. The van der Waals surface area contributed by atoms with Gasteiger partial charge in [0, 0.05) is 18.7 Å². The Kier molecular flexibility index (Phi) is 4.71. The second kappa shape index (κ2) is 7.09. The van der Waals surface area contributed by atoms with Crippen molar-refractivity contribution in [2.24, 2.45) is 11.7 Å². The minimum Gasteiger partial charge on any atom is -0.449 e. The minimum absolute atomic E-state index is 0.365. The van der Waals surface area contributed by atoms with Crippen LogP contribution in [0, 0.1) is 5.92 Å². The monoisotopic (exact) mass is 312 g/mol. The molecule has 0 saturated carbocycles. The van der Waals surface area contributed by atoms with Crippen molar-refractivity contribution in [1.82, 2.24) is 9.97 Å². The van der Waals surface area contributed by atoms with Crippen molar-refractivity contribution >= 4 is 11.9 Å². The van der Waals surface area contributed by atoms with Gasteiger partial charge in [-0.25, -0.2) is 9.78 Å². The first-order valence-corrected chi connectivity index (χ1v) is 7.77. The van der Waals surface area contributed by atoms with Crippen LogP contribution in [0.5, 0.6) is 0 Å². The number of anilines is 1. The highest BCUT2D eigenvalue weighted by Crippen LogP contribution is 2.24. The number of hydrogen-bond donors (Lipinski definition) is 1. The summed E-state index contributed by atoms with van der Waals surface area (Å²) in [5.41, 5.74) is 6.95. The van der Waals surface area contributed by atoms with Gasteiger partial charge in [-0.15, -0.1) is 0 Å². The average Bonchev–Trinajstić information content (AvgIpc) is 2.61. The number of hydrogen-bond acceptors (Lipinski definition) is 5. The van der Waals surface area contributed by atoms with Gasteiger partial charge in [0.1, 0.15) is 5.82 Å².